The Balaban J connectivity index is 2.50. The van der Waals surface area contributed by atoms with E-state index in [9.17, 15) is 4.79 Å². The number of hydrogen-bond acceptors (Lipinski definition) is 2. The normalized spacial score (nSPS) is 24.5. The van der Waals surface area contributed by atoms with Gasteiger partial charge in [-0.2, -0.15) is 0 Å². The van der Waals surface area contributed by atoms with Gasteiger partial charge < -0.3 is 4.74 Å². The monoisotopic (exact) mass is 182 g/mol. The Morgan fingerprint density at radius 2 is 2.46 bits per heavy atom. The highest BCUT2D eigenvalue weighted by Crippen LogP contribution is 2.35. The summed E-state index contributed by atoms with van der Waals surface area (Å²) in [4.78, 5) is 11.4. The van der Waals surface area contributed by atoms with Gasteiger partial charge in [-0.15, -0.1) is 0 Å². The van der Waals surface area contributed by atoms with Crippen LogP contribution in [0.2, 0.25) is 0 Å². The molecule has 1 aliphatic carbocycles. The number of rotatable bonds is 3. The number of carbonyl (C=O) groups is 1. The first-order chi connectivity index (χ1) is 6.16. The van der Waals surface area contributed by atoms with Crippen molar-refractivity contribution in [1.29, 1.82) is 0 Å². The van der Waals surface area contributed by atoms with Gasteiger partial charge in [-0.1, -0.05) is 19.1 Å². The molecule has 0 bridgehead atoms. The van der Waals surface area contributed by atoms with Gasteiger partial charge in [-0.05, 0) is 32.1 Å². The summed E-state index contributed by atoms with van der Waals surface area (Å²) < 4.78 is 4.98. The third-order valence-electron chi connectivity index (χ3n) is 2.80. The molecule has 0 aromatic carbocycles. The molecular weight excluding hydrogens is 164 g/mol. The summed E-state index contributed by atoms with van der Waals surface area (Å²) in [6.07, 6.45) is 3.35. The minimum Gasteiger partial charge on any atom is -0.466 e. The molecule has 2 nitrogen and oxygen atoms in total. The van der Waals surface area contributed by atoms with Crippen molar-refractivity contribution < 1.29 is 9.53 Å². The maximum atomic E-state index is 11.4. The molecule has 74 valence electrons. The molecule has 0 radical (unpaired) electrons. The molecule has 2 unspecified atom stereocenters. The number of carbonyl (C=O) groups excluding carboxylic acids is 1. The molecule has 1 saturated carbocycles. The van der Waals surface area contributed by atoms with Gasteiger partial charge in [-0.25, -0.2) is 0 Å². The molecule has 2 atom stereocenters. The number of ether oxygens (including phenoxy) is 1. The van der Waals surface area contributed by atoms with Gasteiger partial charge in [0.25, 0.3) is 0 Å². The van der Waals surface area contributed by atoms with Crippen LogP contribution in [0.3, 0.4) is 0 Å². The highest BCUT2D eigenvalue weighted by molar-refractivity contribution is 5.72. The molecular formula is C11H18O2. The van der Waals surface area contributed by atoms with E-state index in [1.165, 1.54) is 12.0 Å². The molecule has 0 N–H and O–H groups in total. The summed E-state index contributed by atoms with van der Waals surface area (Å²) in [6, 6.07) is 0. The van der Waals surface area contributed by atoms with E-state index in [4.69, 9.17) is 4.74 Å². The lowest BCUT2D eigenvalue weighted by Crippen LogP contribution is -2.22. The van der Waals surface area contributed by atoms with Crippen LogP contribution in [0.15, 0.2) is 12.2 Å². The minimum absolute atomic E-state index is 0.00468. The summed E-state index contributed by atoms with van der Waals surface area (Å²) >= 11 is 0. The number of allylic oxidation sites excluding steroid dienone is 1. The summed E-state index contributed by atoms with van der Waals surface area (Å²) in [5.74, 6) is 0.282. The molecule has 0 heterocycles. The topological polar surface area (TPSA) is 26.3 Å². The van der Waals surface area contributed by atoms with E-state index in [-0.39, 0.29) is 11.9 Å². The maximum Gasteiger partial charge on any atom is 0.309 e. The van der Waals surface area contributed by atoms with Gasteiger partial charge >= 0.3 is 5.97 Å². The number of hydrogen-bond donors (Lipinski definition) is 0. The van der Waals surface area contributed by atoms with Crippen LogP contribution in [0.5, 0.6) is 0 Å². The third-order valence-corrected chi connectivity index (χ3v) is 2.80. The van der Waals surface area contributed by atoms with Crippen LogP contribution in [-0.2, 0) is 9.53 Å². The zero-order valence-corrected chi connectivity index (χ0v) is 8.51. The van der Waals surface area contributed by atoms with Gasteiger partial charge in [0.2, 0.25) is 0 Å². The van der Waals surface area contributed by atoms with Crippen LogP contribution in [0.1, 0.15) is 33.1 Å². The van der Waals surface area contributed by atoms with Crippen LogP contribution in [0, 0.1) is 11.8 Å². The molecule has 0 saturated heterocycles. The molecule has 0 aromatic heterocycles. The Morgan fingerprint density at radius 1 is 1.77 bits per heavy atom. The van der Waals surface area contributed by atoms with Crippen LogP contribution in [0.4, 0.5) is 0 Å². The summed E-state index contributed by atoms with van der Waals surface area (Å²) in [5, 5.41) is 0. The van der Waals surface area contributed by atoms with E-state index in [1.54, 1.807) is 0 Å². The van der Waals surface area contributed by atoms with Crippen molar-refractivity contribution >= 4 is 5.97 Å². The highest BCUT2D eigenvalue weighted by atomic mass is 16.5. The summed E-state index contributed by atoms with van der Waals surface area (Å²) in [5.41, 5.74) is 1.22. The Hall–Kier alpha value is -0.790. The van der Waals surface area contributed by atoms with Crippen molar-refractivity contribution in [3.8, 4) is 0 Å². The second-order valence-electron chi connectivity index (χ2n) is 3.70. The minimum atomic E-state index is -0.0736. The van der Waals surface area contributed by atoms with E-state index in [0.717, 1.165) is 12.8 Å². The van der Waals surface area contributed by atoms with Gasteiger partial charge in [0, 0.05) is 0 Å². The van der Waals surface area contributed by atoms with Gasteiger partial charge in [-0.3, -0.25) is 4.79 Å². The molecule has 13 heavy (non-hydrogen) atoms. The van der Waals surface area contributed by atoms with Crippen molar-refractivity contribution in [2.45, 2.75) is 33.1 Å². The standard InChI is InChI=1S/C11H18O2/c1-4-13-11(12)9(3)10-7-5-6-8(10)2/h9-10H,2,4-7H2,1,3H3. The second-order valence-corrected chi connectivity index (χ2v) is 3.70. The molecule has 0 aromatic rings. The largest absolute Gasteiger partial charge is 0.466 e. The predicted octanol–water partition coefficient (Wildman–Crippen LogP) is 2.54. The van der Waals surface area contributed by atoms with Crippen molar-refractivity contribution in [1.82, 2.24) is 0 Å². The van der Waals surface area contributed by atoms with Crippen LogP contribution >= 0.6 is 0 Å². The van der Waals surface area contributed by atoms with Crippen LogP contribution in [-0.4, -0.2) is 12.6 Å². The fraction of sp³-hybridized carbons (Fsp3) is 0.727. The molecule has 2 heteroatoms. The first kappa shape index (κ1) is 10.3. The lowest BCUT2D eigenvalue weighted by Gasteiger charge is -2.18. The Kier molecular flexibility index (Phi) is 3.52. The van der Waals surface area contributed by atoms with E-state index in [1.807, 2.05) is 13.8 Å². The van der Waals surface area contributed by atoms with Gasteiger partial charge in [0.15, 0.2) is 0 Å². The van der Waals surface area contributed by atoms with Crippen LogP contribution in [0.25, 0.3) is 0 Å². The maximum absolute atomic E-state index is 11.4. The first-order valence-corrected chi connectivity index (χ1v) is 5.01. The lowest BCUT2D eigenvalue weighted by molar-refractivity contribution is -0.148. The van der Waals surface area contributed by atoms with E-state index >= 15 is 0 Å². The highest BCUT2D eigenvalue weighted by Gasteiger charge is 2.30. The first-order valence-electron chi connectivity index (χ1n) is 5.01. The van der Waals surface area contributed by atoms with E-state index < -0.39 is 0 Å². The predicted molar refractivity (Wildman–Crippen MR) is 52.3 cm³/mol. The molecule has 1 aliphatic rings. The zero-order valence-electron chi connectivity index (χ0n) is 8.51. The summed E-state index contributed by atoms with van der Waals surface area (Å²) in [7, 11) is 0. The molecule has 0 spiro atoms. The second kappa shape index (κ2) is 4.45. The van der Waals surface area contributed by atoms with Crippen molar-refractivity contribution in [2.24, 2.45) is 11.8 Å². The quantitative estimate of drug-likeness (QED) is 0.495. The fourth-order valence-electron chi connectivity index (χ4n) is 1.98. The smallest absolute Gasteiger partial charge is 0.309 e. The average Bonchev–Trinajstić information content (AvgIpc) is 2.50. The fourth-order valence-corrected chi connectivity index (χ4v) is 1.98. The Morgan fingerprint density at radius 3 is 2.92 bits per heavy atom. The third kappa shape index (κ3) is 2.33. The van der Waals surface area contributed by atoms with Crippen LogP contribution < -0.4 is 0 Å². The average molecular weight is 182 g/mol. The van der Waals surface area contributed by atoms with Gasteiger partial charge in [0.05, 0.1) is 12.5 Å². The number of esters is 1. The summed E-state index contributed by atoms with van der Waals surface area (Å²) in [6.45, 7) is 8.25. The zero-order chi connectivity index (χ0) is 9.84. The van der Waals surface area contributed by atoms with Crippen molar-refractivity contribution in [2.75, 3.05) is 6.61 Å². The Labute approximate surface area is 80.0 Å². The molecule has 1 rings (SSSR count). The SMILES string of the molecule is C=C1CCCC1C(C)C(=O)OCC. The van der Waals surface area contributed by atoms with Crippen molar-refractivity contribution in [3.05, 3.63) is 12.2 Å². The van der Waals surface area contributed by atoms with E-state index in [2.05, 4.69) is 6.58 Å². The van der Waals surface area contributed by atoms with Crippen molar-refractivity contribution in [3.63, 3.8) is 0 Å². The van der Waals surface area contributed by atoms with Gasteiger partial charge in [0.1, 0.15) is 0 Å². The Bertz CT molecular complexity index is 208. The molecule has 1 fully saturated rings. The molecule has 0 aliphatic heterocycles. The molecule has 0 amide bonds. The van der Waals surface area contributed by atoms with E-state index in [0.29, 0.717) is 12.5 Å². The lowest BCUT2D eigenvalue weighted by atomic mass is 9.90.